The number of aromatic nitrogens is 2. The summed E-state index contributed by atoms with van der Waals surface area (Å²) >= 11 is 0. The molecule has 1 heterocycles. The van der Waals surface area contributed by atoms with Gasteiger partial charge >= 0.3 is 0 Å². The lowest BCUT2D eigenvalue weighted by Gasteiger charge is -2.15. The standard InChI is InChI=1S/C13H13FN2O/c1-2-17-12(13-15-7-4-8-16-13)10-5-3-6-11(14)9-10/h3-9,12H,2H2,1H3. The molecule has 88 valence electrons. The summed E-state index contributed by atoms with van der Waals surface area (Å²) in [6.45, 7) is 2.40. The molecule has 0 aliphatic rings. The lowest BCUT2D eigenvalue weighted by molar-refractivity contribution is 0.0849. The van der Waals surface area contributed by atoms with E-state index in [9.17, 15) is 4.39 Å². The van der Waals surface area contributed by atoms with Crippen LogP contribution in [0, 0.1) is 5.82 Å². The molecule has 0 amide bonds. The number of hydrogen-bond acceptors (Lipinski definition) is 3. The van der Waals surface area contributed by atoms with E-state index >= 15 is 0 Å². The average molecular weight is 232 g/mol. The minimum Gasteiger partial charge on any atom is -0.366 e. The zero-order valence-corrected chi connectivity index (χ0v) is 9.51. The molecule has 0 N–H and O–H groups in total. The SMILES string of the molecule is CCOC(c1cccc(F)c1)c1ncccn1. The molecule has 0 radical (unpaired) electrons. The number of nitrogens with zero attached hydrogens (tertiary/aromatic N) is 2. The molecule has 0 bridgehead atoms. The molecular formula is C13H13FN2O. The van der Waals surface area contributed by atoms with Gasteiger partial charge in [-0.05, 0) is 30.7 Å². The van der Waals surface area contributed by atoms with Crippen LogP contribution in [0.2, 0.25) is 0 Å². The van der Waals surface area contributed by atoms with Crippen LogP contribution in [-0.2, 0) is 4.74 Å². The number of halogens is 1. The minimum absolute atomic E-state index is 0.289. The molecule has 3 nitrogen and oxygen atoms in total. The summed E-state index contributed by atoms with van der Waals surface area (Å²) in [4.78, 5) is 8.29. The highest BCUT2D eigenvalue weighted by molar-refractivity contribution is 5.23. The van der Waals surface area contributed by atoms with Gasteiger partial charge in [0.2, 0.25) is 0 Å². The highest BCUT2D eigenvalue weighted by Gasteiger charge is 2.17. The summed E-state index contributed by atoms with van der Waals surface area (Å²) in [6.07, 6.45) is 2.87. The quantitative estimate of drug-likeness (QED) is 0.813. The number of ether oxygens (including phenoxy) is 1. The summed E-state index contributed by atoms with van der Waals surface area (Å²) in [7, 11) is 0. The van der Waals surface area contributed by atoms with Crippen LogP contribution >= 0.6 is 0 Å². The maximum absolute atomic E-state index is 13.2. The number of benzene rings is 1. The summed E-state index contributed by atoms with van der Waals surface area (Å²) in [5.41, 5.74) is 0.720. The second-order valence-corrected chi connectivity index (χ2v) is 3.50. The number of rotatable bonds is 4. The Kier molecular flexibility index (Phi) is 3.77. The Hall–Kier alpha value is -1.81. The van der Waals surface area contributed by atoms with Crippen molar-refractivity contribution >= 4 is 0 Å². The van der Waals surface area contributed by atoms with Gasteiger partial charge in [-0.1, -0.05) is 12.1 Å². The average Bonchev–Trinajstić information content (AvgIpc) is 2.37. The van der Waals surface area contributed by atoms with E-state index in [4.69, 9.17) is 4.74 Å². The number of hydrogen-bond donors (Lipinski definition) is 0. The zero-order valence-electron chi connectivity index (χ0n) is 9.51. The van der Waals surface area contributed by atoms with Crippen molar-refractivity contribution in [2.45, 2.75) is 13.0 Å². The topological polar surface area (TPSA) is 35.0 Å². The van der Waals surface area contributed by atoms with E-state index in [2.05, 4.69) is 9.97 Å². The molecule has 1 aromatic carbocycles. The summed E-state index contributed by atoms with van der Waals surface area (Å²) < 4.78 is 18.8. The van der Waals surface area contributed by atoms with Crippen molar-refractivity contribution in [2.24, 2.45) is 0 Å². The molecule has 17 heavy (non-hydrogen) atoms. The molecule has 0 aliphatic heterocycles. The first-order valence-corrected chi connectivity index (χ1v) is 5.45. The van der Waals surface area contributed by atoms with E-state index in [0.29, 0.717) is 12.4 Å². The Morgan fingerprint density at radius 2 is 2.00 bits per heavy atom. The fraction of sp³-hybridized carbons (Fsp3) is 0.231. The van der Waals surface area contributed by atoms with E-state index < -0.39 is 6.10 Å². The molecule has 0 aliphatic carbocycles. The van der Waals surface area contributed by atoms with Crippen LogP contribution in [0.3, 0.4) is 0 Å². The first-order valence-electron chi connectivity index (χ1n) is 5.45. The maximum Gasteiger partial charge on any atom is 0.161 e. The van der Waals surface area contributed by atoms with Gasteiger partial charge in [0.05, 0.1) is 0 Å². The predicted molar refractivity (Wildman–Crippen MR) is 61.9 cm³/mol. The van der Waals surface area contributed by atoms with Gasteiger partial charge in [0.25, 0.3) is 0 Å². The molecule has 0 saturated heterocycles. The molecule has 1 aromatic heterocycles. The Bertz CT molecular complexity index is 476. The highest BCUT2D eigenvalue weighted by atomic mass is 19.1. The molecule has 0 spiro atoms. The third kappa shape index (κ3) is 2.85. The Morgan fingerprint density at radius 3 is 2.65 bits per heavy atom. The smallest absolute Gasteiger partial charge is 0.161 e. The lowest BCUT2D eigenvalue weighted by Crippen LogP contribution is -2.10. The normalized spacial score (nSPS) is 12.4. The van der Waals surface area contributed by atoms with Crippen molar-refractivity contribution in [3.63, 3.8) is 0 Å². The van der Waals surface area contributed by atoms with E-state index in [1.807, 2.05) is 6.92 Å². The largest absolute Gasteiger partial charge is 0.366 e. The molecular weight excluding hydrogens is 219 g/mol. The Morgan fingerprint density at radius 1 is 1.24 bits per heavy atom. The molecule has 0 fully saturated rings. The van der Waals surface area contributed by atoms with Gasteiger partial charge in [-0.2, -0.15) is 0 Å². The zero-order chi connectivity index (χ0) is 12.1. The molecule has 2 aromatic rings. The predicted octanol–water partition coefficient (Wildman–Crippen LogP) is 2.74. The van der Waals surface area contributed by atoms with Crippen LogP contribution in [0.5, 0.6) is 0 Å². The van der Waals surface area contributed by atoms with E-state index in [-0.39, 0.29) is 5.82 Å². The molecule has 2 rings (SSSR count). The highest BCUT2D eigenvalue weighted by Crippen LogP contribution is 2.23. The second kappa shape index (κ2) is 5.50. The van der Waals surface area contributed by atoms with E-state index in [0.717, 1.165) is 5.56 Å². The van der Waals surface area contributed by atoms with Gasteiger partial charge in [-0.15, -0.1) is 0 Å². The van der Waals surface area contributed by atoms with Crippen LogP contribution in [-0.4, -0.2) is 16.6 Å². The van der Waals surface area contributed by atoms with Crippen LogP contribution in [0.25, 0.3) is 0 Å². The van der Waals surface area contributed by atoms with E-state index in [1.165, 1.54) is 12.1 Å². The van der Waals surface area contributed by atoms with Crippen LogP contribution in [0.4, 0.5) is 4.39 Å². The van der Waals surface area contributed by atoms with Crippen molar-refractivity contribution in [1.82, 2.24) is 9.97 Å². The van der Waals surface area contributed by atoms with Gasteiger partial charge in [0.1, 0.15) is 11.9 Å². The molecule has 1 unspecified atom stereocenters. The van der Waals surface area contributed by atoms with Crippen molar-refractivity contribution in [1.29, 1.82) is 0 Å². The monoisotopic (exact) mass is 232 g/mol. The Balaban J connectivity index is 2.35. The maximum atomic E-state index is 13.2. The summed E-state index contributed by atoms with van der Waals surface area (Å²) in [5.74, 6) is 0.253. The van der Waals surface area contributed by atoms with E-state index in [1.54, 1.807) is 30.6 Å². The summed E-state index contributed by atoms with van der Waals surface area (Å²) in [6, 6.07) is 8.03. The van der Waals surface area contributed by atoms with Crippen LogP contribution < -0.4 is 0 Å². The van der Waals surface area contributed by atoms with Crippen molar-refractivity contribution in [3.8, 4) is 0 Å². The van der Waals surface area contributed by atoms with Gasteiger partial charge < -0.3 is 4.74 Å². The van der Waals surface area contributed by atoms with Crippen LogP contribution in [0.15, 0.2) is 42.7 Å². The first kappa shape index (κ1) is 11.7. The first-order chi connectivity index (χ1) is 8.31. The molecule has 1 atom stereocenters. The fourth-order valence-electron chi connectivity index (χ4n) is 1.60. The minimum atomic E-state index is -0.420. The molecule has 4 heteroatoms. The van der Waals surface area contributed by atoms with Crippen molar-refractivity contribution in [2.75, 3.05) is 6.61 Å². The van der Waals surface area contributed by atoms with Crippen molar-refractivity contribution in [3.05, 3.63) is 59.9 Å². The molecule has 0 saturated carbocycles. The second-order valence-electron chi connectivity index (χ2n) is 3.50. The van der Waals surface area contributed by atoms with Gasteiger partial charge in [-0.25, -0.2) is 14.4 Å². The van der Waals surface area contributed by atoms with Gasteiger partial charge in [0.15, 0.2) is 5.82 Å². The lowest BCUT2D eigenvalue weighted by atomic mass is 10.1. The van der Waals surface area contributed by atoms with Crippen LogP contribution in [0.1, 0.15) is 24.4 Å². The Labute approximate surface area is 99.3 Å². The fourth-order valence-corrected chi connectivity index (χ4v) is 1.60. The van der Waals surface area contributed by atoms with Crippen molar-refractivity contribution < 1.29 is 9.13 Å². The van der Waals surface area contributed by atoms with Gasteiger partial charge in [-0.3, -0.25) is 0 Å². The third-order valence-electron chi connectivity index (χ3n) is 2.31. The van der Waals surface area contributed by atoms with Gasteiger partial charge in [0, 0.05) is 19.0 Å². The third-order valence-corrected chi connectivity index (χ3v) is 2.31. The summed E-state index contributed by atoms with van der Waals surface area (Å²) in [5, 5.41) is 0.